The topological polar surface area (TPSA) is 54.3 Å². The lowest BCUT2D eigenvalue weighted by Crippen LogP contribution is -2.45. The minimum absolute atomic E-state index is 0.0154. The summed E-state index contributed by atoms with van der Waals surface area (Å²) in [7, 11) is 0. The zero-order valence-electron chi connectivity index (χ0n) is 15.7. The van der Waals surface area contributed by atoms with Crippen LogP contribution < -0.4 is 10.9 Å². The zero-order chi connectivity index (χ0) is 19.2. The maximum absolute atomic E-state index is 13.2. The van der Waals surface area contributed by atoms with Gasteiger partial charge in [-0.05, 0) is 56.4 Å². The van der Waals surface area contributed by atoms with Gasteiger partial charge in [-0.3, -0.25) is 4.79 Å². The number of carbonyl (C=O) groups excluding carboxylic acids is 1. The Morgan fingerprint density at radius 1 is 1.19 bits per heavy atom. The van der Waals surface area contributed by atoms with Crippen LogP contribution in [-0.4, -0.2) is 28.6 Å². The van der Waals surface area contributed by atoms with E-state index in [1.54, 1.807) is 28.8 Å². The van der Waals surface area contributed by atoms with E-state index in [9.17, 15) is 14.0 Å². The number of pyridine rings is 1. The van der Waals surface area contributed by atoms with Gasteiger partial charge in [0.15, 0.2) is 0 Å². The summed E-state index contributed by atoms with van der Waals surface area (Å²) in [4.78, 5) is 26.4. The Labute approximate surface area is 158 Å². The van der Waals surface area contributed by atoms with Gasteiger partial charge in [0, 0.05) is 31.4 Å². The summed E-state index contributed by atoms with van der Waals surface area (Å²) in [5.41, 5.74) is 1.87. The van der Waals surface area contributed by atoms with Gasteiger partial charge in [0.25, 0.3) is 5.56 Å². The van der Waals surface area contributed by atoms with Gasteiger partial charge < -0.3 is 14.8 Å². The van der Waals surface area contributed by atoms with Crippen LogP contribution >= 0.6 is 0 Å². The molecule has 1 fully saturated rings. The molecule has 27 heavy (non-hydrogen) atoms. The number of piperidine rings is 1. The minimum atomic E-state index is -0.267. The summed E-state index contributed by atoms with van der Waals surface area (Å²) in [5.74, 6) is -0.267. The maximum atomic E-state index is 13.2. The third-order valence-corrected chi connectivity index (χ3v) is 5.12. The van der Waals surface area contributed by atoms with E-state index < -0.39 is 0 Å². The van der Waals surface area contributed by atoms with Crippen molar-refractivity contribution in [1.82, 2.24) is 14.8 Å². The zero-order valence-corrected chi connectivity index (χ0v) is 15.7. The first-order valence-corrected chi connectivity index (χ1v) is 9.52. The van der Waals surface area contributed by atoms with Crippen LogP contribution in [0.15, 0.2) is 47.3 Å². The first-order valence-electron chi connectivity index (χ1n) is 9.52. The Bertz CT molecular complexity index is 832. The number of likely N-dealkylation sites (tertiary alicyclic amines) is 1. The largest absolute Gasteiger partial charge is 0.338 e. The third-order valence-electron chi connectivity index (χ3n) is 5.12. The smallest absolute Gasteiger partial charge is 0.317 e. The van der Waals surface area contributed by atoms with E-state index in [1.165, 1.54) is 12.1 Å². The number of hydrogen-bond acceptors (Lipinski definition) is 2. The summed E-state index contributed by atoms with van der Waals surface area (Å²) in [6.07, 6.45) is 3.61. The summed E-state index contributed by atoms with van der Waals surface area (Å²) in [6.45, 7) is 3.69. The minimum Gasteiger partial charge on any atom is -0.338 e. The Morgan fingerprint density at radius 2 is 1.96 bits per heavy atom. The molecule has 2 aromatic rings. The van der Waals surface area contributed by atoms with Crippen molar-refractivity contribution in [2.75, 3.05) is 13.1 Å². The number of halogens is 1. The third kappa shape index (κ3) is 4.76. The molecule has 6 heteroatoms. The summed E-state index contributed by atoms with van der Waals surface area (Å²) in [5, 5.41) is 2.97. The number of hydrogen-bond donors (Lipinski definition) is 1. The van der Waals surface area contributed by atoms with Gasteiger partial charge in [0.2, 0.25) is 0 Å². The molecule has 0 saturated carbocycles. The van der Waals surface area contributed by atoms with Crippen LogP contribution in [0, 0.1) is 12.7 Å². The Balaban J connectivity index is 1.56. The monoisotopic (exact) mass is 371 g/mol. The van der Waals surface area contributed by atoms with E-state index >= 15 is 0 Å². The molecule has 1 aliphatic rings. The molecule has 0 unspecified atom stereocenters. The summed E-state index contributed by atoms with van der Waals surface area (Å²) >= 11 is 0. The van der Waals surface area contributed by atoms with E-state index in [4.69, 9.17) is 0 Å². The van der Waals surface area contributed by atoms with E-state index in [1.807, 2.05) is 17.9 Å². The fourth-order valence-electron chi connectivity index (χ4n) is 3.65. The highest BCUT2D eigenvalue weighted by Gasteiger charge is 2.27. The second-order valence-corrected chi connectivity index (χ2v) is 7.00. The number of nitrogens with one attached hydrogen (secondary N) is 1. The Morgan fingerprint density at radius 3 is 2.70 bits per heavy atom. The van der Waals surface area contributed by atoms with E-state index in [0.29, 0.717) is 26.1 Å². The van der Waals surface area contributed by atoms with Crippen LogP contribution in [0.25, 0.3) is 0 Å². The molecule has 1 aromatic carbocycles. The second-order valence-electron chi connectivity index (χ2n) is 7.00. The molecule has 144 valence electrons. The molecule has 1 aliphatic heterocycles. The second kappa shape index (κ2) is 8.84. The number of urea groups is 1. The van der Waals surface area contributed by atoms with Crippen molar-refractivity contribution < 1.29 is 9.18 Å². The number of nitrogens with zero attached hydrogens (tertiary/aromatic N) is 2. The highest BCUT2D eigenvalue weighted by molar-refractivity contribution is 5.74. The van der Waals surface area contributed by atoms with Crippen molar-refractivity contribution in [2.24, 2.45) is 0 Å². The molecule has 0 bridgehead atoms. The van der Waals surface area contributed by atoms with Crippen LogP contribution in [0.5, 0.6) is 0 Å². The highest BCUT2D eigenvalue weighted by atomic mass is 19.1. The lowest BCUT2D eigenvalue weighted by Gasteiger charge is -2.36. The predicted octanol–water partition coefficient (Wildman–Crippen LogP) is 3.62. The molecule has 5 nitrogen and oxygen atoms in total. The van der Waals surface area contributed by atoms with Crippen molar-refractivity contribution in [3.8, 4) is 0 Å². The van der Waals surface area contributed by atoms with E-state index in [0.717, 1.165) is 30.5 Å². The van der Waals surface area contributed by atoms with Crippen LogP contribution in [0.3, 0.4) is 0 Å². The van der Waals surface area contributed by atoms with Crippen molar-refractivity contribution >= 4 is 6.03 Å². The average Bonchev–Trinajstić information content (AvgIpc) is 2.67. The van der Waals surface area contributed by atoms with Crippen molar-refractivity contribution in [3.63, 3.8) is 0 Å². The molecule has 3 rings (SSSR count). The average molecular weight is 371 g/mol. The van der Waals surface area contributed by atoms with Gasteiger partial charge >= 0.3 is 6.03 Å². The normalized spacial score (nSPS) is 17.0. The molecule has 0 radical (unpaired) electrons. The number of aromatic nitrogens is 1. The van der Waals surface area contributed by atoms with Crippen molar-refractivity contribution in [2.45, 2.75) is 45.2 Å². The fourth-order valence-corrected chi connectivity index (χ4v) is 3.65. The van der Waals surface area contributed by atoms with Gasteiger partial charge in [-0.1, -0.05) is 18.2 Å². The van der Waals surface area contributed by atoms with Gasteiger partial charge in [-0.2, -0.15) is 0 Å². The molecule has 2 heterocycles. The van der Waals surface area contributed by atoms with Crippen LogP contribution in [0.1, 0.15) is 43.0 Å². The van der Waals surface area contributed by atoms with Crippen LogP contribution in [0.4, 0.5) is 9.18 Å². The number of amides is 2. The lowest BCUT2D eigenvalue weighted by molar-refractivity contribution is 0.151. The van der Waals surface area contributed by atoms with Gasteiger partial charge in [-0.15, -0.1) is 0 Å². The standard InChI is InChI=1S/C21H26FN3O2/c1-16-6-4-8-20(26)24(16)15-5-13-23-21(27)25-14-3-2-7-19(25)17-9-11-18(22)12-10-17/h4,6,8-12,19H,2-3,5,7,13-15H2,1H3,(H,23,27)/t19-/m0/s1. The Hall–Kier alpha value is -2.63. The molecule has 0 aliphatic carbocycles. The first-order chi connectivity index (χ1) is 13.1. The summed E-state index contributed by atoms with van der Waals surface area (Å²) < 4.78 is 14.9. The van der Waals surface area contributed by atoms with Gasteiger partial charge in [0.05, 0.1) is 6.04 Å². The molecular weight excluding hydrogens is 345 g/mol. The quantitative estimate of drug-likeness (QED) is 0.816. The first kappa shape index (κ1) is 19.1. The van der Waals surface area contributed by atoms with Gasteiger partial charge in [-0.25, -0.2) is 9.18 Å². The molecule has 2 amide bonds. The number of aryl methyl sites for hydroxylation is 1. The fraction of sp³-hybridized carbons (Fsp3) is 0.429. The summed E-state index contributed by atoms with van der Waals surface area (Å²) in [6, 6.07) is 11.5. The van der Waals surface area contributed by atoms with E-state index in [-0.39, 0.29) is 23.4 Å². The number of benzene rings is 1. The van der Waals surface area contributed by atoms with Crippen LogP contribution in [-0.2, 0) is 6.54 Å². The number of carbonyl (C=O) groups is 1. The molecule has 1 atom stereocenters. The lowest BCUT2D eigenvalue weighted by atomic mass is 9.95. The number of rotatable bonds is 5. The molecule has 1 aromatic heterocycles. The molecule has 1 N–H and O–H groups in total. The predicted molar refractivity (Wildman–Crippen MR) is 103 cm³/mol. The van der Waals surface area contributed by atoms with Crippen molar-refractivity contribution in [1.29, 1.82) is 0 Å². The molecular formula is C21H26FN3O2. The Kier molecular flexibility index (Phi) is 6.27. The van der Waals surface area contributed by atoms with Crippen LogP contribution in [0.2, 0.25) is 0 Å². The van der Waals surface area contributed by atoms with E-state index in [2.05, 4.69) is 5.32 Å². The maximum Gasteiger partial charge on any atom is 0.317 e. The highest BCUT2D eigenvalue weighted by Crippen LogP contribution is 2.30. The molecule has 0 spiro atoms. The molecule has 1 saturated heterocycles. The van der Waals surface area contributed by atoms with Gasteiger partial charge in [0.1, 0.15) is 5.82 Å². The SMILES string of the molecule is Cc1cccc(=O)n1CCCNC(=O)N1CCCC[C@H]1c1ccc(F)cc1. The van der Waals surface area contributed by atoms with Crippen molar-refractivity contribution in [3.05, 3.63) is 69.9 Å².